The summed E-state index contributed by atoms with van der Waals surface area (Å²) in [4.78, 5) is 4.39. The van der Waals surface area contributed by atoms with Crippen LogP contribution in [0, 0.1) is 24.1 Å². The Bertz CT molecular complexity index is 1100. The fourth-order valence-electron chi connectivity index (χ4n) is 4.39. The van der Waals surface area contributed by atoms with Crippen LogP contribution in [0.15, 0.2) is 48.7 Å². The minimum Gasteiger partial charge on any atom is -0.382 e. The number of anilines is 1. The SMILES string of the molecule is Cc1cc(F)cc2c(NCC3(NC(C)c4ccccc4)CCOCC3)c(C#N)cnc12. The van der Waals surface area contributed by atoms with Crippen LogP contribution in [0.5, 0.6) is 0 Å². The molecule has 31 heavy (non-hydrogen) atoms. The molecule has 1 aliphatic heterocycles. The van der Waals surface area contributed by atoms with Gasteiger partial charge in [-0.25, -0.2) is 4.39 Å². The largest absolute Gasteiger partial charge is 0.382 e. The number of halogens is 1. The van der Waals surface area contributed by atoms with Crippen molar-refractivity contribution in [1.82, 2.24) is 10.3 Å². The Kier molecular flexibility index (Phi) is 6.17. The van der Waals surface area contributed by atoms with E-state index in [2.05, 4.69) is 40.7 Å². The van der Waals surface area contributed by atoms with Gasteiger partial charge in [0, 0.05) is 42.9 Å². The molecule has 0 bridgehead atoms. The number of nitriles is 1. The monoisotopic (exact) mass is 418 g/mol. The van der Waals surface area contributed by atoms with Gasteiger partial charge in [-0.05, 0) is 49.9 Å². The lowest BCUT2D eigenvalue weighted by Crippen LogP contribution is -2.54. The number of nitrogens with zero attached hydrogens (tertiary/aromatic N) is 2. The molecule has 0 saturated carbocycles. The first-order chi connectivity index (χ1) is 15.0. The van der Waals surface area contributed by atoms with Gasteiger partial charge in [-0.1, -0.05) is 30.3 Å². The third-order valence-corrected chi connectivity index (χ3v) is 6.12. The van der Waals surface area contributed by atoms with Gasteiger partial charge in [0.25, 0.3) is 0 Å². The first-order valence-electron chi connectivity index (χ1n) is 10.6. The summed E-state index contributed by atoms with van der Waals surface area (Å²) in [5.74, 6) is -0.332. The molecule has 6 heteroatoms. The molecule has 1 aliphatic rings. The predicted molar refractivity (Wildman–Crippen MR) is 120 cm³/mol. The van der Waals surface area contributed by atoms with Crippen molar-refractivity contribution in [3.63, 3.8) is 0 Å². The second-order valence-corrected chi connectivity index (χ2v) is 8.30. The summed E-state index contributed by atoms with van der Waals surface area (Å²) >= 11 is 0. The van der Waals surface area contributed by atoms with Gasteiger partial charge in [-0.15, -0.1) is 0 Å². The molecule has 0 aliphatic carbocycles. The fourth-order valence-corrected chi connectivity index (χ4v) is 4.39. The van der Waals surface area contributed by atoms with Gasteiger partial charge in [0.05, 0.1) is 16.8 Å². The average Bonchev–Trinajstić information content (AvgIpc) is 2.78. The first-order valence-corrected chi connectivity index (χ1v) is 10.6. The zero-order valence-electron chi connectivity index (χ0n) is 17.9. The second-order valence-electron chi connectivity index (χ2n) is 8.30. The molecule has 1 atom stereocenters. The van der Waals surface area contributed by atoms with E-state index in [0.717, 1.165) is 18.4 Å². The summed E-state index contributed by atoms with van der Waals surface area (Å²) in [5.41, 5.74) is 3.51. The third kappa shape index (κ3) is 4.53. The summed E-state index contributed by atoms with van der Waals surface area (Å²) in [5, 5.41) is 17.6. The molecule has 2 heterocycles. The standard InChI is InChI=1S/C25H27FN4O/c1-17-12-21(26)13-22-23(17)28-15-20(14-27)24(22)29-16-25(8-10-31-11-9-25)30-18(2)19-6-4-3-5-7-19/h3-7,12-13,15,18,30H,8-11,16H2,1-2H3,(H,28,29). The zero-order chi connectivity index (χ0) is 21.8. The molecule has 3 aromatic rings. The number of hydrogen-bond acceptors (Lipinski definition) is 5. The molecule has 1 saturated heterocycles. The van der Waals surface area contributed by atoms with Crippen LogP contribution in [0.3, 0.4) is 0 Å². The van der Waals surface area contributed by atoms with Gasteiger partial charge in [-0.3, -0.25) is 4.98 Å². The highest BCUT2D eigenvalue weighted by atomic mass is 19.1. The first kappa shape index (κ1) is 21.2. The lowest BCUT2D eigenvalue weighted by atomic mass is 9.88. The molecular weight excluding hydrogens is 391 g/mol. The van der Waals surface area contributed by atoms with Crippen LogP contribution < -0.4 is 10.6 Å². The smallest absolute Gasteiger partial charge is 0.124 e. The van der Waals surface area contributed by atoms with Crippen LogP contribution in [0.1, 0.15) is 42.5 Å². The topological polar surface area (TPSA) is 70.0 Å². The Morgan fingerprint density at radius 3 is 2.68 bits per heavy atom. The molecule has 1 aromatic heterocycles. The van der Waals surface area contributed by atoms with Crippen molar-refractivity contribution in [2.75, 3.05) is 25.1 Å². The van der Waals surface area contributed by atoms with E-state index in [1.807, 2.05) is 25.1 Å². The Balaban J connectivity index is 1.65. The average molecular weight is 419 g/mol. The van der Waals surface area contributed by atoms with E-state index < -0.39 is 0 Å². The van der Waals surface area contributed by atoms with Crippen molar-refractivity contribution in [3.8, 4) is 6.07 Å². The van der Waals surface area contributed by atoms with E-state index >= 15 is 0 Å². The van der Waals surface area contributed by atoms with Gasteiger partial charge in [0.1, 0.15) is 11.9 Å². The number of nitrogens with one attached hydrogen (secondary N) is 2. The summed E-state index contributed by atoms with van der Waals surface area (Å²) in [7, 11) is 0. The maximum absolute atomic E-state index is 14.2. The van der Waals surface area contributed by atoms with Gasteiger partial charge in [0.2, 0.25) is 0 Å². The van der Waals surface area contributed by atoms with E-state index in [-0.39, 0.29) is 17.4 Å². The van der Waals surface area contributed by atoms with Crippen LogP contribution in [0.4, 0.5) is 10.1 Å². The molecule has 2 N–H and O–H groups in total. The van der Waals surface area contributed by atoms with E-state index in [0.29, 0.717) is 41.9 Å². The van der Waals surface area contributed by atoms with E-state index in [1.165, 1.54) is 17.7 Å². The van der Waals surface area contributed by atoms with Gasteiger partial charge < -0.3 is 15.4 Å². The van der Waals surface area contributed by atoms with Crippen LogP contribution in [0.25, 0.3) is 10.9 Å². The molecular formula is C25H27FN4O. The molecule has 1 fully saturated rings. The van der Waals surface area contributed by atoms with E-state index in [1.54, 1.807) is 6.20 Å². The Morgan fingerprint density at radius 2 is 1.97 bits per heavy atom. The number of benzene rings is 2. The number of ether oxygens (including phenoxy) is 1. The molecule has 160 valence electrons. The number of hydrogen-bond donors (Lipinski definition) is 2. The van der Waals surface area contributed by atoms with Crippen LogP contribution in [0.2, 0.25) is 0 Å². The zero-order valence-corrected chi connectivity index (χ0v) is 17.9. The van der Waals surface area contributed by atoms with Crippen molar-refractivity contribution in [2.45, 2.75) is 38.3 Å². The van der Waals surface area contributed by atoms with E-state index in [9.17, 15) is 9.65 Å². The van der Waals surface area contributed by atoms with Crippen LogP contribution >= 0.6 is 0 Å². The summed E-state index contributed by atoms with van der Waals surface area (Å²) in [6.45, 7) is 5.93. The highest BCUT2D eigenvalue weighted by molar-refractivity contribution is 5.95. The lowest BCUT2D eigenvalue weighted by molar-refractivity contribution is 0.0389. The number of aromatic nitrogens is 1. The number of rotatable bonds is 6. The van der Waals surface area contributed by atoms with Gasteiger partial charge >= 0.3 is 0 Å². The highest BCUT2D eigenvalue weighted by Gasteiger charge is 2.34. The molecule has 1 unspecified atom stereocenters. The van der Waals surface area contributed by atoms with Crippen LogP contribution in [-0.2, 0) is 4.74 Å². The van der Waals surface area contributed by atoms with Crippen molar-refractivity contribution >= 4 is 16.6 Å². The number of fused-ring (bicyclic) bond motifs is 1. The predicted octanol–water partition coefficient (Wildman–Crippen LogP) is 4.87. The maximum atomic E-state index is 14.2. The Labute approximate surface area is 182 Å². The quantitative estimate of drug-likeness (QED) is 0.598. The molecule has 0 spiro atoms. The summed E-state index contributed by atoms with van der Waals surface area (Å²) in [6, 6.07) is 15.6. The van der Waals surface area contributed by atoms with Gasteiger partial charge in [-0.2, -0.15) is 5.26 Å². The normalized spacial score (nSPS) is 16.6. The third-order valence-electron chi connectivity index (χ3n) is 6.12. The second kappa shape index (κ2) is 9.01. The van der Waals surface area contributed by atoms with Gasteiger partial charge in [0.15, 0.2) is 0 Å². The Morgan fingerprint density at radius 1 is 1.23 bits per heavy atom. The molecule has 0 radical (unpaired) electrons. The minimum absolute atomic E-state index is 0.158. The Hall–Kier alpha value is -3.01. The van der Waals surface area contributed by atoms with Crippen molar-refractivity contribution in [2.24, 2.45) is 0 Å². The minimum atomic E-state index is -0.332. The number of aryl methyl sites for hydroxylation is 1. The molecule has 4 rings (SSSR count). The highest BCUT2D eigenvalue weighted by Crippen LogP contribution is 2.31. The van der Waals surface area contributed by atoms with E-state index in [4.69, 9.17) is 4.74 Å². The van der Waals surface area contributed by atoms with Crippen molar-refractivity contribution in [3.05, 3.63) is 71.2 Å². The lowest BCUT2D eigenvalue weighted by Gasteiger charge is -2.41. The fraction of sp³-hybridized carbons (Fsp3) is 0.360. The van der Waals surface area contributed by atoms with Crippen molar-refractivity contribution in [1.29, 1.82) is 5.26 Å². The number of pyridine rings is 1. The molecule has 5 nitrogen and oxygen atoms in total. The summed E-state index contributed by atoms with van der Waals surface area (Å²) < 4.78 is 19.8. The molecule has 2 aromatic carbocycles. The van der Waals surface area contributed by atoms with Crippen molar-refractivity contribution < 1.29 is 9.13 Å². The maximum Gasteiger partial charge on any atom is 0.124 e. The molecule has 0 amide bonds. The summed E-state index contributed by atoms with van der Waals surface area (Å²) in [6.07, 6.45) is 3.25. The van der Waals surface area contributed by atoms with Crippen LogP contribution in [-0.4, -0.2) is 30.3 Å².